The van der Waals surface area contributed by atoms with Crippen molar-refractivity contribution in [3.63, 3.8) is 0 Å². The van der Waals surface area contributed by atoms with Crippen molar-refractivity contribution in [2.75, 3.05) is 13.1 Å². The van der Waals surface area contributed by atoms with Crippen molar-refractivity contribution in [1.29, 1.82) is 0 Å². The van der Waals surface area contributed by atoms with Gasteiger partial charge in [0.05, 0.1) is 6.54 Å². The Hall–Kier alpha value is -1.49. The van der Waals surface area contributed by atoms with Gasteiger partial charge in [-0.2, -0.15) is 0 Å². The van der Waals surface area contributed by atoms with Crippen molar-refractivity contribution >= 4 is 5.91 Å². The molecule has 92 valence electrons. The van der Waals surface area contributed by atoms with Crippen LogP contribution in [-0.2, 0) is 6.54 Å². The Morgan fingerprint density at radius 3 is 2.82 bits per heavy atom. The van der Waals surface area contributed by atoms with E-state index in [9.17, 15) is 13.6 Å². The fraction of sp³-hybridized carbons (Fsp3) is 0.417. The maximum Gasteiger partial charge on any atom is 0.267 e. The Bertz CT molecular complexity index is 434. The molecule has 5 heteroatoms. The number of carbonyl (C=O) groups is 1. The topological polar surface area (TPSA) is 46.3 Å². The third kappa shape index (κ3) is 2.61. The van der Waals surface area contributed by atoms with Crippen molar-refractivity contribution in [3.8, 4) is 0 Å². The van der Waals surface area contributed by atoms with Crippen LogP contribution in [0.25, 0.3) is 0 Å². The van der Waals surface area contributed by atoms with Gasteiger partial charge < -0.3 is 10.6 Å². The summed E-state index contributed by atoms with van der Waals surface area (Å²) in [5.74, 6) is -3.10. The molecule has 1 fully saturated rings. The Morgan fingerprint density at radius 1 is 1.47 bits per heavy atom. The van der Waals surface area contributed by atoms with Crippen molar-refractivity contribution in [2.45, 2.75) is 18.9 Å². The number of halogens is 2. The molecule has 1 aromatic rings. The van der Waals surface area contributed by atoms with Gasteiger partial charge in [-0.1, -0.05) is 12.1 Å². The lowest BCUT2D eigenvalue weighted by Crippen LogP contribution is -2.31. The quantitative estimate of drug-likeness (QED) is 0.854. The molecule has 1 saturated heterocycles. The molecule has 3 nitrogen and oxygen atoms in total. The first-order chi connectivity index (χ1) is 8.02. The van der Waals surface area contributed by atoms with E-state index < -0.39 is 12.5 Å². The monoisotopic (exact) mass is 240 g/mol. The summed E-state index contributed by atoms with van der Waals surface area (Å²) < 4.78 is 26.0. The molecule has 0 bridgehead atoms. The van der Waals surface area contributed by atoms with Crippen LogP contribution in [0.4, 0.5) is 8.78 Å². The predicted molar refractivity (Wildman–Crippen MR) is 59.8 cm³/mol. The fourth-order valence-corrected chi connectivity index (χ4v) is 1.92. The van der Waals surface area contributed by atoms with Crippen LogP contribution in [-0.4, -0.2) is 29.8 Å². The zero-order valence-electron chi connectivity index (χ0n) is 9.33. The Labute approximate surface area is 98.2 Å². The minimum Gasteiger partial charge on any atom is -0.332 e. The molecule has 0 aromatic heterocycles. The number of amides is 1. The van der Waals surface area contributed by atoms with Gasteiger partial charge in [0.25, 0.3) is 11.8 Å². The molecule has 0 radical (unpaired) electrons. The smallest absolute Gasteiger partial charge is 0.267 e. The molecule has 2 rings (SSSR count). The number of likely N-dealkylation sites (tertiary alicyclic amines) is 1. The summed E-state index contributed by atoms with van der Waals surface area (Å²) >= 11 is 0. The van der Waals surface area contributed by atoms with E-state index in [0.717, 1.165) is 5.56 Å². The highest BCUT2D eigenvalue weighted by Gasteiger charge is 2.40. The van der Waals surface area contributed by atoms with Gasteiger partial charge in [-0.05, 0) is 17.7 Å². The zero-order valence-corrected chi connectivity index (χ0v) is 9.33. The van der Waals surface area contributed by atoms with Gasteiger partial charge in [0.2, 0.25) is 0 Å². The lowest BCUT2D eigenvalue weighted by atomic mass is 10.1. The predicted octanol–water partition coefficient (Wildman–Crippen LogP) is 1.63. The summed E-state index contributed by atoms with van der Waals surface area (Å²) in [5, 5.41) is 0. The third-order valence-electron chi connectivity index (χ3n) is 2.87. The van der Waals surface area contributed by atoms with E-state index in [1.54, 1.807) is 24.3 Å². The van der Waals surface area contributed by atoms with Crippen LogP contribution in [0.5, 0.6) is 0 Å². The molecule has 0 saturated carbocycles. The Kier molecular flexibility index (Phi) is 3.11. The summed E-state index contributed by atoms with van der Waals surface area (Å²) in [6, 6.07) is 6.79. The average molecular weight is 240 g/mol. The highest BCUT2D eigenvalue weighted by atomic mass is 19.3. The number of alkyl halides is 2. The lowest BCUT2D eigenvalue weighted by molar-refractivity contribution is 0.0120. The fourth-order valence-electron chi connectivity index (χ4n) is 1.92. The first-order valence-corrected chi connectivity index (χ1v) is 5.48. The highest BCUT2D eigenvalue weighted by molar-refractivity contribution is 5.94. The van der Waals surface area contributed by atoms with Crippen LogP contribution < -0.4 is 5.73 Å². The summed E-state index contributed by atoms with van der Waals surface area (Å²) in [6.07, 6.45) is -0.255. The molecule has 1 aromatic carbocycles. The van der Waals surface area contributed by atoms with E-state index in [0.29, 0.717) is 12.1 Å². The standard InChI is InChI=1S/C12H14F2N2O/c13-12(14)4-5-16(8-12)11(17)10-3-1-2-9(6-10)7-15/h1-3,6H,4-5,7-8,15H2. The average Bonchev–Trinajstić information content (AvgIpc) is 2.69. The molecule has 1 heterocycles. The molecule has 17 heavy (non-hydrogen) atoms. The van der Waals surface area contributed by atoms with Gasteiger partial charge in [-0.15, -0.1) is 0 Å². The Morgan fingerprint density at radius 2 is 2.24 bits per heavy atom. The second-order valence-electron chi connectivity index (χ2n) is 4.24. The summed E-state index contributed by atoms with van der Waals surface area (Å²) in [6.45, 7) is -0.0470. The van der Waals surface area contributed by atoms with Crippen molar-refractivity contribution in [2.24, 2.45) is 5.73 Å². The second kappa shape index (κ2) is 4.41. The molecular formula is C12H14F2N2O. The largest absolute Gasteiger partial charge is 0.332 e. The van der Waals surface area contributed by atoms with Gasteiger partial charge in [0.15, 0.2) is 0 Å². The van der Waals surface area contributed by atoms with E-state index in [1.165, 1.54) is 4.90 Å². The highest BCUT2D eigenvalue weighted by Crippen LogP contribution is 2.27. The number of nitrogens with zero attached hydrogens (tertiary/aromatic N) is 1. The maximum atomic E-state index is 13.0. The Balaban J connectivity index is 2.15. The molecule has 1 aliphatic heterocycles. The molecule has 0 unspecified atom stereocenters. The summed E-state index contributed by atoms with van der Waals surface area (Å²) in [7, 11) is 0. The normalized spacial score (nSPS) is 18.4. The minimum atomic E-state index is -2.75. The molecule has 0 atom stereocenters. The lowest BCUT2D eigenvalue weighted by Gasteiger charge is -2.16. The number of rotatable bonds is 2. The molecular weight excluding hydrogens is 226 g/mol. The van der Waals surface area contributed by atoms with Crippen molar-refractivity contribution in [1.82, 2.24) is 4.90 Å². The van der Waals surface area contributed by atoms with Gasteiger partial charge in [0.1, 0.15) is 0 Å². The van der Waals surface area contributed by atoms with Gasteiger partial charge in [0, 0.05) is 25.1 Å². The number of hydrogen-bond acceptors (Lipinski definition) is 2. The number of benzene rings is 1. The van der Waals surface area contributed by atoms with Crippen LogP contribution in [0, 0.1) is 0 Å². The zero-order chi connectivity index (χ0) is 12.5. The van der Waals surface area contributed by atoms with E-state index in [1.807, 2.05) is 0 Å². The first-order valence-electron chi connectivity index (χ1n) is 5.48. The summed E-state index contributed by atoms with van der Waals surface area (Å²) in [4.78, 5) is 13.1. The van der Waals surface area contributed by atoms with Gasteiger partial charge in [-0.25, -0.2) is 8.78 Å². The van der Waals surface area contributed by atoms with Crippen molar-refractivity contribution in [3.05, 3.63) is 35.4 Å². The number of nitrogens with two attached hydrogens (primary N) is 1. The molecule has 0 spiro atoms. The maximum absolute atomic E-state index is 13.0. The van der Waals surface area contributed by atoms with Crippen LogP contribution in [0.1, 0.15) is 22.3 Å². The van der Waals surface area contributed by atoms with E-state index in [4.69, 9.17) is 5.73 Å². The van der Waals surface area contributed by atoms with Crippen molar-refractivity contribution < 1.29 is 13.6 Å². The van der Waals surface area contributed by atoms with Crippen LogP contribution in [0.2, 0.25) is 0 Å². The number of carbonyl (C=O) groups excluding carboxylic acids is 1. The van der Waals surface area contributed by atoms with Crippen LogP contribution in [0.3, 0.4) is 0 Å². The van der Waals surface area contributed by atoms with E-state index in [-0.39, 0.29) is 18.9 Å². The second-order valence-corrected chi connectivity index (χ2v) is 4.24. The first kappa shape index (κ1) is 12.0. The van der Waals surface area contributed by atoms with Gasteiger partial charge >= 0.3 is 0 Å². The molecule has 0 aliphatic carbocycles. The third-order valence-corrected chi connectivity index (χ3v) is 2.87. The van der Waals surface area contributed by atoms with Crippen LogP contribution >= 0.6 is 0 Å². The van der Waals surface area contributed by atoms with E-state index in [2.05, 4.69) is 0 Å². The molecule has 1 aliphatic rings. The molecule has 2 N–H and O–H groups in total. The van der Waals surface area contributed by atoms with Gasteiger partial charge in [-0.3, -0.25) is 4.79 Å². The summed E-state index contributed by atoms with van der Waals surface area (Å²) in [5.41, 5.74) is 6.71. The minimum absolute atomic E-state index is 0.110. The number of hydrogen-bond donors (Lipinski definition) is 1. The van der Waals surface area contributed by atoms with E-state index >= 15 is 0 Å². The molecule has 1 amide bonds. The van der Waals surface area contributed by atoms with Crippen LogP contribution in [0.15, 0.2) is 24.3 Å². The SMILES string of the molecule is NCc1cccc(C(=O)N2CCC(F)(F)C2)c1.